The fourth-order valence-corrected chi connectivity index (χ4v) is 12.4. The first-order valence-electron chi connectivity index (χ1n) is 37.3. The fourth-order valence-electron chi connectivity index (χ4n) is 10.9. The van der Waals surface area contributed by atoms with Crippen molar-refractivity contribution in [2.75, 3.05) is 39.6 Å². The summed E-state index contributed by atoms with van der Waals surface area (Å²) in [7, 11) is -9.89. The molecule has 0 aliphatic rings. The molecule has 0 saturated heterocycles. The maximum absolute atomic E-state index is 13.0. The van der Waals surface area contributed by atoms with E-state index in [0.717, 1.165) is 103 Å². The monoisotopic (exact) mass is 1320 g/mol. The SMILES string of the molecule is CCCCCCCCCCCCCCCCCC(=O)OC[C@H](COP(=O)(O)OC[C@@H](O)COP(=O)(O)OC[C@@H](COC(=O)CCCCCCCCC)OC(=O)CCCCCCCCCCCCCCC)OC(=O)CCCCCCCCCCCCCCCCC. The zero-order valence-electron chi connectivity index (χ0n) is 58.1. The van der Waals surface area contributed by atoms with Gasteiger partial charge in [-0.1, -0.05) is 323 Å². The molecule has 0 aromatic carbocycles. The molecule has 0 amide bonds. The van der Waals surface area contributed by atoms with Gasteiger partial charge < -0.3 is 33.8 Å². The average molecular weight is 1330 g/mol. The van der Waals surface area contributed by atoms with Crippen LogP contribution in [0.5, 0.6) is 0 Å². The first-order chi connectivity index (χ1) is 43.7. The normalized spacial score (nSPS) is 14.0. The second-order valence-electron chi connectivity index (χ2n) is 25.6. The van der Waals surface area contributed by atoms with Gasteiger partial charge in [0.2, 0.25) is 0 Å². The number of esters is 4. The number of aliphatic hydroxyl groups is 1. The molecule has 90 heavy (non-hydrogen) atoms. The summed E-state index contributed by atoms with van der Waals surface area (Å²) in [6.07, 6.45) is 54.1. The lowest BCUT2D eigenvalue weighted by molar-refractivity contribution is -0.161. The van der Waals surface area contributed by atoms with Gasteiger partial charge >= 0.3 is 39.5 Å². The highest BCUT2D eigenvalue weighted by Crippen LogP contribution is 2.45. The van der Waals surface area contributed by atoms with Crippen molar-refractivity contribution in [3.8, 4) is 0 Å². The maximum Gasteiger partial charge on any atom is 0.472 e. The molecule has 0 radical (unpaired) electrons. The summed E-state index contributed by atoms with van der Waals surface area (Å²) in [6, 6.07) is 0. The van der Waals surface area contributed by atoms with Crippen LogP contribution in [0, 0.1) is 0 Å². The van der Waals surface area contributed by atoms with Crippen LogP contribution in [0.2, 0.25) is 0 Å². The highest BCUT2D eigenvalue weighted by atomic mass is 31.2. The van der Waals surface area contributed by atoms with E-state index in [4.69, 9.17) is 37.0 Å². The molecule has 2 unspecified atom stereocenters. The maximum atomic E-state index is 13.0. The Hall–Kier alpha value is -1.94. The molecule has 19 heteroatoms. The predicted octanol–water partition coefficient (Wildman–Crippen LogP) is 20.7. The van der Waals surface area contributed by atoms with Crippen LogP contribution in [0.15, 0.2) is 0 Å². The number of carbonyl (C=O) groups excluding carboxylic acids is 4. The lowest BCUT2D eigenvalue weighted by Gasteiger charge is -2.21. The van der Waals surface area contributed by atoms with E-state index in [-0.39, 0.29) is 25.7 Å². The predicted molar refractivity (Wildman–Crippen MR) is 363 cm³/mol. The number of phosphoric acid groups is 2. The summed E-state index contributed by atoms with van der Waals surface area (Å²) < 4.78 is 68.3. The Bertz CT molecular complexity index is 1720. The first-order valence-corrected chi connectivity index (χ1v) is 40.3. The Morgan fingerprint density at radius 3 is 0.656 bits per heavy atom. The zero-order chi connectivity index (χ0) is 66.1. The van der Waals surface area contributed by atoms with Crippen LogP contribution in [-0.2, 0) is 65.4 Å². The second-order valence-corrected chi connectivity index (χ2v) is 28.5. The number of hydrogen-bond donors (Lipinski definition) is 3. The summed E-state index contributed by atoms with van der Waals surface area (Å²) in [5.74, 6) is -2.12. The van der Waals surface area contributed by atoms with Crippen molar-refractivity contribution in [1.82, 2.24) is 0 Å². The van der Waals surface area contributed by atoms with Crippen LogP contribution < -0.4 is 0 Å². The van der Waals surface area contributed by atoms with E-state index in [2.05, 4.69) is 27.7 Å². The van der Waals surface area contributed by atoms with Gasteiger partial charge in [0.05, 0.1) is 26.4 Å². The van der Waals surface area contributed by atoms with Crippen molar-refractivity contribution in [3.63, 3.8) is 0 Å². The number of unbranched alkanes of at least 4 members (excludes halogenated alkanes) is 46. The molecule has 3 N–H and O–H groups in total. The van der Waals surface area contributed by atoms with E-state index < -0.39 is 97.5 Å². The molecule has 5 atom stereocenters. The number of ether oxygens (including phenoxy) is 4. The molecule has 0 bridgehead atoms. The van der Waals surface area contributed by atoms with Gasteiger partial charge in [-0.15, -0.1) is 0 Å². The molecular weight excluding hydrogens is 1190 g/mol. The standard InChI is InChI=1S/C71H138O17P2/c1-5-9-13-17-21-24-27-30-32-35-37-40-44-48-52-56-69(74)82-62-67(88-71(76)58-54-50-46-42-39-36-33-31-28-25-22-18-14-10-6-2)64-86-90(79,80)84-60-65(72)59-83-89(77,78)85-63-66(61-81-68(73)55-51-47-43-20-16-12-8-4)87-70(75)57-53-49-45-41-38-34-29-26-23-19-15-11-7-3/h65-67,72H,5-64H2,1-4H3,(H,77,78)(H,79,80)/t65-,66+,67+/m0/s1. The summed E-state index contributed by atoms with van der Waals surface area (Å²) in [5.41, 5.74) is 0. The molecule has 0 rings (SSSR count). The molecule has 0 spiro atoms. The third kappa shape index (κ3) is 64.8. The molecule has 17 nitrogen and oxygen atoms in total. The minimum atomic E-state index is -4.95. The van der Waals surface area contributed by atoms with E-state index in [1.165, 1.54) is 193 Å². The highest BCUT2D eigenvalue weighted by Gasteiger charge is 2.30. The number of aliphatic hydroxyl groups excluding tert-OH is 1. The van der Waals surface area contributed by atoms with Crippen molar-refractivity contribution in [1.29, 1.82) is 0 Å². The van der Waals surface area contributed by atoms with Crippen molar-refractivity contribution < 1.29 is 80.2 Å². The van der Waals surface area contributed by atoms with Crippen LogP contribution in [0.1, 0.15) is 374 Å². The van der Waals surface area contributed by atoms with E-state index in [0.29, 0.717) is 25.7 Å². The summed E-state index contributed by atoms with van der Waals surface area (Å²) in [4.78, 5) is 72.5. The summed E-state index contributed by atoms with van der Waals surface area (Å²) in [6.45, 7) is 4.92. The van der Waals surface area contributed by atoms with Crippen LogP contribution in [0.25, 0.3) is 0 Å². The van der Waals surface area contributed by atoms with Crippen LogP contribution in [0.3, 0.4) is 0 Å². The van der Waals surface area contributed by atoms with Gasteiger partial charge in [0.25, 0.3) is 0 Å². The molecule has 0 saturated carbocycles. The smallest absolute Gasteiger partial charge is 0.462 e. The van der Waals surface area contributed by atoms with Gasteiger partial charge in [0.15, 0.2) is 12.2 Å². The van der Waals surface area contributed by atoms with Crippen LogP contribution >= 0.6 is 15.6 Å². The van der Waals surface area contributed by atoms with Gasteiger partial charge in [-0.05, 0) is 25.7 Å². The summed E-state index contributed by atoms with van der Waals surface area (Å²) >= 11 is 0. The minimum absolute atomic E-state index is 0.108. The topological polar surface area (TPSA) is 237 Å². The van der Waals surface area contributed by atoms with E-state index in [1.807, 2.05) is 0 Å². The molecule has 0 aliphatic heterocycles. The van der Waals surface area contributed by atoms with Gasteiger partial charge in [-0.2, -0.15) is 0 Å². The second kappa shape index (κ2) is 65.7. The van der Waals surface area contributed by atoms with Gasteiger partial charge in [0, 0.05) is 25.7 Å². The van der Waals surface area contributed by atoms with Crippen LogP contribution in [0.4, 0.5) is 0 Å². The highest BCUT2D eigenvalue weighted by molar-refractivity contribution is 7.47. The Labute approximate surface area is 549 Å². The minimum Gasteiger partial charge on any atom is -0.462 e. The van der Waals surface area contributed by atoms with Crippen molar-refractivity contribution in [2.45, 2.75) is 393 Å². The Kier molecular flexibility index (Phi) is 64.3. The zero-order valence-corrected chi connectivity index (χ0v) is 59.9. The molecule has 0 heterocycles. The fraction of sp³-hybridized carbons (Fsp3) is 0.944. The number of rotatable bonds is 72. The Balaban J connectivity index is 5.20. The molecule has 0 fully saturated rings. The lowest BCUT2D eigenvalue weighted by atomic mass is 10.0. The summed E-state index contributed by atoms with van der Waals surface area (Å²) in [5, 5.41) is 10.6. The Morgan fingerprint density at radius 2 is 0.444 bits per heavy atom. The third-order valence-electron chi connectivity index (χ3n) is 16.6. The molecule has 0 aromatic rings. The molecule has 534 valence electrons. The van der Waals surface area contributed by atoms with Gasteiger partial charge in [-0.25, -0.2) is 9.13 Å². The third-order valence-corrected chi connectivity index (χ3v) is 18.5. The van der Waals surface area contributed by atoms with E-state index in [1.54, 1.807) is 0 Å². The van der Waals surface area contributed by atoms with Gasteiger partial charge in [0.1, 0.15) is 19.3 Å². The number of phosphoric ester groups is 2. The average Bonchev–Trinajstić information content (AvgIpc) is 3.74. The van der Waals surface area contributed by atoms with Crippen molar-refractivity contribution >= 4 is 39.5 Å². The van der Waals surface area contributed by atoms with E-state index in [9.17, 15) is 43.2 Å². The van der Waals surface area contributed by atoms with Crippen LogP contribution in [-0.4, -0.2) is 96.7 Å². The number of carbonyl (C=O) groups is 4. The van der Waals surface area contributed by atoms with Crippen molar-refractivity contribution in [2.24, 2.45) is 0 Å². The van der Waals surface area contributed by atoms with Crippen molar-refractivity contribution in [3.05, 3.63) is 0 Å². The molecule has 0 aromatic heterocycles. The Morgan fingerprint density at radius 1 is 0.267 bits per heavy atom. The largest absolute Gasteiger partial charge is 0.472 e. The van der Waals surface area contributed by atoms with E-state index >= 15 is 0 Å². The molecule has 0 aliphatic carbocycles. The van der Waals surface area contributed by atoms with Gasteiger partial charge in [-0.3, -0.25) is 37.3 Å². The quantitative estimate of drug-likeness (QED) is 0.0222. The first kappa shape index (κ1) is 88.1. The molecular formula is C71H138O17P2. The number of hydrogen-bond acceptors (Lipinski definition) is 15. The lowest BCUT2D eigenvalue weighted by Crippen LogP contribution is -2.30.